The van der Waals surface area contributed by atoms with Crippen LogP contribution < -0.4 is 10.6 Å². The summed E-state index contributed by atoms with van der Waals surface area (Å²) in [6, 6.07) is 9.19. The number of piperidine rings is 1. The molecule has 1 amide bonds. The Morgan fingerprint density at radius 2 is 1.83 bits per heavy atom. The fourth-order valence-electron chi connectivity index (χ4n) is 3.66. The van der Waals surface area contributed by atoms with Crippen LogP contribution in [0.5, 0.6) is 0 Å². The average Bonchev–Trinajstić information content (AvgIpc) is 2.95. The molecule has 1 aromatic carbocycles. The molecule has 0 unspecified atom stereocenters. The molecule has 2 N–H and O–H groups in total. The Balaban J connectivity index is 1.50. The highest BCUT2D eigenvalue weighted by molar-refractivity contribution is 5.85. The number of hydrogen-bond donors (Lipinski definition) is 2. The molecule has 2 heterocycles. The van der Waals surface area contributed by atoms with Crippen molar-refractivity contribution in [3.63, 3.8) is 0 Å². The van der Waals surface area contributed by atoms with E-state index in [9.17, 15) is 4.79 Å². The lowest BCUT2D eigenvalue weighted by Gasteiger charge is -2.35. The number of nitrogens with zero attached hydrogens (tertiary/aromatic N) is 1. The monoisotopic (exact) mass is 331 g/mol. The molecule has 0 aromatic heterocycles. The van der Waals surface area contributed by atoms with Gasteiger partial charge in [0.2, 0.25) is 0 Å². The van der Waals surface area contributed by atoms with Gasteiger partial charge in [-0.15, -0.1) is 0 Å². The number of fused-ring (bicyclic) bond motifs is 1. The molecule has 0 spiro atoms. The second kappa shape index (κ2) is 7.01. The van der Waals surface area contributed by atoms with Crippen LogP contribution in [0.3, 0.4) is 0 Å². The number of ether oxygens (including phenoxy) is 1. The first-order valence-electron chi connectivity index (χ1n) is 9.00. The predicted octanol–water partition coefficient (Wildman–Crippen LogP) is 4.07. The maximum Gasteiger partial charge on any atom is 0.412 e. The first-order valence-corrected chi connectivity index (χ1v) is 9.00. The van der Waals surface area contributed by atoms with Crippen molar-refractivity contribution in [3.8, 4) is 0 Å². The summed E-state index contributed by atoms with van der Waals surface area (Å²) < 4.78 is 5.26. The van der Waals surface area contributed by atoms with Crippen LogP contribution in [-0.4, -0.2) is 41.8 Å². The largest absolute Gasteiger partial charge is 0.444 e. The van der Waals surface area contributed by atoms with Crippen molar-refractivity contribution in [1.82, 2.24) is 4.90 Å². The molecule has 0 radical (unpaired) electrons. The zero-order valence-electron chi connectivity index (χ0n) is 15.0. The number of carbonyl (C=O) groups is 1. The molecule has 5 heteroatoms. The Labute approximate surface area is 144 Å². The zero-order valence-corrected chi connectivity index (χ0v) is 15.0. The van der Waals surface area contributed by atoms with Gasteiger partial charge in [0.1, 0.15) is 5.60 Å². The van der Waals surface area contributed by atoms with E-state index in [-0.39, 0.29) is 0 Å². The number of rotatable bonds is 3. The normalized spacial score (nSPS) is 24.3. The van der Waals surface area contributed by atoms with Crippen molar-refractivity contribution in [3.05, 3.63) is 24.3 Å². The molecule has 2 aliphatic rings. The van der Waals surface area contributed by atoms with Crippen molar-refractivity contribution in [2.24, 2.45) is 0 Å². The van der Waals surface area contributed by atoms with Gasteiger partial charge in [0.15, 0.2) is 0 Å². The second-order valence-corrected chi connectivity index (χ2v) is 7.90. The van der Waals surface area contributed by atoms with E-state index in [2.05, 4.69) is 15.5 Å². The molecule has 0 bridgehead atoms. The zero-order chi connectivity index (χ0) is 17.2. The minimum Gasteiger partial charge on any atom is -0.444 e. The molecular weight excluding hydrogens is 302 g/mol. The SMILES string of the molecule is CC(C)(C)OC(=O)Nc1ccc(N[C@@H]2CCN3CCC[C@@H]3C2)cc1. The number of amides is 1. The van der Waals surface area contributed by atoms with Gasteiger partial charge in [-0.2, -0.15) is 0 Å². The number of hydrogen-bond acceptors (Lipinski definition) is 4. The smallest absolute Gasteiger partial charge is 0.412 e. The van der Waals surface area contributed by atoms with E-state index < -0.39 is 11.7 Å². The van der Waals surface area contributed by atoms with Crippen LogP contribution >= 0.6 is 0 Å². The van der Waals surface area contributed by atoms with Gasteiger partial charge in [-0.1, -0.05) is 0 Å². The first kappa shape index (κ1) is 17.1. The third-order valence-electron chi connectivity index (χ3n) is 4.72. The molecule has 1 aromatic rings. The van der Waals surface area contributed by atoms with Gasteiger partial charge in [-0.05, 0) is 77.3 Å². The van der Waals surface area contributed by atoms with Gasteiger partial charge in [0, 0.05) is 30.0 Å². The average molecular weight is 331 g/mol. The number of anilines is 2. The summed E-state index contributed by atoms with van der Waals surface area (Å²) in [5, 5.41) is 6.41. The maximum absolute atomic E-state index is 11.8. The van der Waals surface area contributed by atoms with E-state index in [0.29, 0.717) is 6.04 Å². The minimum atomic E-state index is -0.485. The van der Waals surface area contributed by atoms with Crippen molar-refractivity contribution in [1.29, 1.82) is 0 Å². The van der Waals surface area contributed by atoms with Gasteiger partial charge in [-0.3, -0.25) is 5.32 Å². The first-order chi connectivity index (χ1) is 11.4. The standard InChI is InChI=1S/C19H29N3O2/c1-19(2,3)24-18(23)21-15-8-6-14(7-9-15)20-16-10-12-22-11-4-5-17(22)13-16/h6-9,16-17,20H,4-5,10-13H2,1-3H3,(H,21,23)/t16-,17-/m1/s1. The molecule has 0 saturated carbocycles. The highest BCUT2D eigenvalue weighted by atomic mass is 16.6. The summed E-state index contributed by atoms with van der Waals surface area (Å²) >= 11 is 0. The van der Waals surface area contributed by atoms with Crippen LogP contribution in [0.25, 0.3) is 0 Å². The van der Waals surface area contributed by atoms with Crippen LogP contribution in [0.15, 0.2) is 24.3 Å². The van der Waals surface area contributed by atoms with E-state index in [1.807, 2.05) is 45.0 Å². The van der Waals surface area contributed by atoms with Gasteiger partial charge in [0.05, 0.1) is 0 Å². The molecule has 2 saturated heterocycles. The van der Waals surface area contributed by atoms with Crippen LogP contribution in [0, 0.1) is 0 Å². The van der Waals surface area contributed by atoms with E-state index in [0.717, 1.165) is 17.4 Å². The minimum absolute atomic E-state index is 0.420. The molecule has 24 heavy (non-hydrogen) atoms. The molecular formula is C19H29N3O2. The van der Waals surface area contributed by atoms with Gasteiger partial charge >= 0.3 is 6.09 Å². The van der Waals surface area contributed by atoms with Gasteiger partial charge < -0.3 is 15.0 Å². The summed E-state index contributed by atoms with van der Waals surface area (Å²) in [5.74, 6) is 0. The Morgan fingerprint density at radius 3 is 2.54 bits per heavy atom. The summed E-state index contributed by atoms with van der Waals surface area (Å²) in [6.45, 7) is 8.06. The highest BCUT2D eigenvalue weighted by Crippen LogP contribution is 2.28. The van der Waals surface area contributed by atoms with Crippen molar-refractivity contribution in [2.75, 3.05) is 23.7 Å². The van der Waals surface area contributed by atoms with Gasteiger partial charge in [-0.25, -0.2) is 4.79 Å². The number of nitrogens with one attached hydrogen (secondary N) is 2. The van der Waals surface area contributed by atoms with Crippen molar-refractivity contribution < 1.29 is 9.53 Å². The Hall–Kier alpha value is -1.75. The van der Waals surface area contributed by atoms with Gasteiger partial charge in [0.25, 0.3) is 0 Å². The van der Waals surface area contributed by atoms with Crippen LogP contribution in [0.1, 0.15) is 46.5 Å². The Morgan fingerprint density at radius 1 is 1.12 bits per heavy atom. The fourth-order valence-corrected chi connectivity index (χ4v) is 3.66. The molecule has 132 valence electrons. The summed E-state index contributed by atoms with van der Waals surface area (Å²) in [6.07, 6.45) is 4.71. The maximum atomic E-state index is 11.8. The van der Waals surface area contributed by atoms with Crippen LogP contribution in [0.4, 0.5) is 16.2 Å². The van der Waals surface area contributed by atoms with Crippen molar-refractivity contribution in [2.45, 2.75) is 64.1 Å². The molecule has 3 rings (SSSR count). The summed E-state index contributed by atoms with van der Waals surface area (Å²) in [5.41, 5.74) is 1.38. The van der Waals surface area contributed by atoms with E-state index >= 15 is 0 Å². The van der Waals surface area contributed by atoms with E-state index in [1.54, 1.807) is 0 Å². The quantitative estimate of drug-likeness (QED) is 0.876. The lowest BCUT2D eigenvalue weighted by Crippen LogP contribution is -2.42. The fraction of sp³-hybridized carbons (Fsp3) is 0.632. The predicted molar refractivity (Wildman–Crippen MR) is 97.5 cm³/mol. The summed E-state index contributed by atoms with van der Waals surface area (Å²) in [7, 11) is 0. The summed E-state index contributed by atoms with van der Waals surface area (Å²) in [4.78, 5) is 14.4. The van der Waals surface area contributed by atoms with Crippen LogP contribution in [-0.2, 0) is 4.74 Å². The third-order valence-corrected chi connectivity index (χ3v) is 4.72. The van der Waals surface area contributed by atoms with Crippen LogP contribution in [0.2, 0.25) is 0 Å². The molecule has 0 aliphatic carbocycles. The van der Waals surface area contributed by atoms with Crippen molar-refractivity contribution >= 4 is 17.5 Å². The third kappa shape index (κ3) is 4.63. The Kier molecular flexibility index (Phi) is 4.99. The van der Waals surface area contributed by atoms with E-state index in [1.165, 1.54) is 38.8 Å². The Bertz CT molecular complexity index is 565. The lowest BCUT2D eigenvalue weighted by atomic mass is 9.97. The number of carbonyl (C=O) groups excluding carboxylic acids is 1. The lowest BCUT2D eigenvalue weighted by molar-refractivity contribution is 0.0636. The molecule has 2 atom stereocenters. The number of benzene rings is 1. The highest BCUT2D eigenvalue weighted by Gasteiger charge is 2.31. The molecule has 2 fully saturated rings. The topological polar surface area (TPSA) is 53.6 Å². The molecule has 2 aliphatic heterocycles. The second-order valence-electron chi connectivity index (χ2n) is 7.90. The van der Waals surface area contributed by atoms with E-state index in [4.69, 9.17) is 4.74 Å². The molecule has 5 nitrogen and oxygen atoms in total.